The number of carbonyl (C=O) groups excluding carboxylic acids is 1. The van der Waals surface area contributed by atoms with Crippen LogP contribution in [0.2, 0.25) is 0 Å². The maximum Gasteiger partial charge on any atom is 0.311 e. The fraction of sp³-hybridized carbons (Fsp3) is 0.526. The zero-order chi connectivity index (χ0) is 16.0. The van der Waals surface area contributed by atoms with Gasteiger partial charge in [-0.3, -0.25) is 4.79 Å². The first kappa shape index (κ1) is 17.1. The van der Waals surface area contributed by atoms with E-state index in [0.29, 0.717) is 6.42 Å². The van der Waals surface area contributed by atoms with E-state index in [1.54, 1.807) is 6.08 Å². The number of carbonyl (C=O) groups is 1. The summed E-state index contributed by atoms with van der Waals surface area (Å²) in [4.78, 5) is 12.3. The van der Waals surface area contributed by atoms with E-state index in [9.17, 15) is 4.79 Å². The first-order chi connectivity index (χ1) is 9.84. The molecule has 0 aromatic heterocycles. The zero-order valence-corrected chi connectivity index (χ0v) is 13.3. The molecule has 0 amide bonds. The van der Waals surface area contributed by atoms with Crippen LogP contribution in [-0.4, -0.2) is 12.1 Å². The molecule has 1 aliphatic rings. The summed E-state index contributed by atoms with van der Waals surface area (Å²) in [6, 6.07) is 0. The van der Waals surface area contributed by atoms with E-state index in [1.807, 2.05) is 19.9 Å². The molecule has 3 atom stereocenters. The lowest BCUT2D eigenvalue weighted by molar-refractivity contribution is -0.147. The Morgan fingerprint density at radius 1 is 1.38 bits per heavy atom. The second kappa shape index (κ2) is 7.19. The minimum Gasteiger partial charge on any atom is -0.445 e. The van der Waals surface area contributed by atoms with E-state index in [1.165, 1.54) is 5.57 Å². The molecule has 1 rings (SSSR count). The summed E-state index contributed by atoms with van der Waals surface area (Å²) in [6.07, 6.45) is 17.1. The number of unbranched alkanes of at least 4 members (excludes halogenated alkanes) is 1. The summed E-state index contributed by atoms with van der Waals surface area (Å²) in [6.45, 7) is 8.23. The van der Waals surface area contributed by atoms with Crippen LogP contribution >= 0.6 is 0 Å². The Morgan fingerprint density at radius 2 is 2.05 bits per heavy atom. The molecule has 1 saturated carbocycles. The summed E-state index contributed by atoms with van der Waals surface area (Å²) in [5.74, 6) is 4.94. The maximum atomic E-state index is 12.3. The molecule has 0 aromatic carbocycles. The normalized spacial score (nSPS) is 23.7. The van der Waals surface area contributed by atoms with Crippen molar-refractivity contribution in [3.8, 4) is 24.7 Å². The van der Waals surface area contributed by atoms with Gasteiger partial charge in [0.15, 0.2) is 6.10 Å². The zero-order valence-electron chi connectivity index (χ0n) is 13.3. The minimum atomic E-state index is -0.612. The first-order valence-corrected chi connectivity index (χ1v) is 7.26. The van der Waals surface area contributed by atoms with Crippen molar-refractivity contribution in [3.63, 3.8) is 0 Å². The molecular weight excluding hydrogens is 260 g/mol. The second-order valence-electron chi connectivity index (χ2n) is 6.26. The van der Waals surface area contributed by atoms with Crippen molar-refractivity contribution in [1.82, 2.24) is 0 Å². The van der Waals surface area contributed by atoms with E-state index in [2.05, 4.69) is 31.8 Å². The van der Waals surface area contributed by atoms with Gasteiger partial charge < -0.3 is 4.74 Å². The Hall–Kier alpha value is -1.93. The van der Waals surface area contributed by atoms with Gasteiger partial charge in [-0.2, -0.15) is 0 Å². The van der Waals surface area contributed by atoms with Gasteiger partial charge in [0.25, 0.3) is 0 Å². The molecule has 1 fully saturated rings. The average Bonchev–Trinajstić information content (AvgIpc) is 2.93. The lowest BCUT2D eigenvalue weighted by Gasteiger charge is -2.09. The summed E-state index contributed by atoms with van der Waals surface area (Å²) in [5, 5.41) is 0. The minimum absolute atomic E-state index is 0.0549. The summed E-state index contributed by atoms with van der Waals surface area (Å²) < 4.78 is 5.41. The summed E-state index contributed by atoms with van der Waals surface area (Å²) in [7, 11) is 0. The van der Waals surface area contributed by atoms with E-state index < -0.39 is 6.10 Å². The maximum absolute atomic E-state index is 12.3. The Morgan fingerprint density at radius 3 is 2.57 bits per heavy atom. The molecule has 0 aromatic rings. The Balaban J connectivity index is 2.61. The Bertz CT molecular complexity index is 519. The second-order valence-corrected chi connectivity index (χ2v) is 6.26. The molecule has 0 bridgehead atoms. The average molecular weight is 284 g/mol. The topological polar surface area (TPSA) is 26.3 Å². The molecule has 1 aliphatic carbocycles. The molecule has 21 heavy (non-hydrogen) atoms. The van der Waals surface area contributed by atoms with E-state index in [0.717, 1.165) is 6.42 Å². The smallest absolute Gasteiger partial charge is 0.311 e. The van der Waals surface area contributed by atoms with Crippen LogP contribution in [0.3, 0.4) is 0 Å². The van der Waals surface area contributed by atoms with Crippen LogP contribution < -0.4 is 0 Å². The van der Waals surface area contributed by atoms with Gasteiger partial charge >= 0.3 is 5.97 Å². The van der Waals surface area contributed by atoms with Gasteiger partial charge in [0.1, 0.15) is 0 Å². The standard InChI is InChI=1S/C19H24O2/c1-7-9-10-11-12-15(8-2)21-18(20)17-16(13-14(3)4)19(17,5)6/h1-2,11-13,15-17H,9-10H2,3-6H3/b12-11+. The highest BCUT2D eigenvalue weighted by Gasteiger charge is 2.61. The number of hydrogen-bond donors (Lipinski definition) is 0. The van der Waals surface area contributed by atoms with Crippen LogP contribution in [0.4, 0.5) is 0 Å². The largest absolute Gasteiger partial charge is 0.445 e. The SMILES string of the molecule is C#CCC/C=C/C(C#C)OC(=O)C1C(C=C(C)C)C1(C)C. The Kier molecular flexibility index (Phi) is 5.86. The fourth-order valence-corrected chi connectivity index (χ4v) is 2.51. The first-order valence-electron chi connectivity index (χ1n) is 7.26. The van der Waals surface area contributed by atoms with Crippen LogP contribution in [0.25, 0.3) is 0 Å². The van der Waals surface area contributed by atoms with Gasteiger partial charge in [-0.05, 0) is 37.7 Å². The number of terminal acetylenes is 2. The van der Waals surface area contributed by atoms with Crippen molar-refractivity contribution in [2.75, 3.05) is 0 Å². The van der Waals surface area contributed by atoms with Crippen molar-refractivity contribution in [2.24, 2.45) is 17.3 Å². The van der Waals surface area contributed by atoms with Crippen molar-refractivity contribution in [3.05, 3.63) is 23.8 Å². The van der Waals surface area contributed by atoms with Crippen LogP contribution in [0.15, 0.2) is 23.8 Å². The highest BCUT2D eigenvalue weighted by atomic mass is 16.5. The fourth-order valence-electron chi connectivity index (χ4n) is 2.51. The predicted molar refractivity (Wildman–Crippen MR) is 86.1 cm³/mol. The molecule has 0 aliphatic heterocycles. The van der Waals surface area contributed by atoms with Gasteiger partial charge in [-0.15, -0.1) is 18.8 Å². The molecule has 3 unspecified atom stereocenters. The molecule has 0 heterocycles. The van der Waals surface area contributed by atoms with Crippen molar-refractivity contribution in [2.45, 2.75) is 46.6 Å². The lowest BCUT2D eigenvalue weighted by Crippen LogP contribution is -2.18. The monoisotopic (exact) mass is 284 g/mol. The number of hydrogen-bond acceptors (Lipinski definition) is 2. The Labute approximate surface area is 128 Å². The third kappa shape index (κ3) is 4.54. The third-order valence-electron chi connectivity index (χ3n) is 3.85. The summed E-state index contributed by atoms with van der Waals surface area (Å²) >= 11 is 0. The molecule has 2 heteroatoms. The molecule has 0 spiro atoms. The van der Waals surface area contributed by atoms with E-state index >= 15 is 0 Å². The number of allylic oxidation sites excluding steroid dienone is 3. The van der Waals surface area contributed by atoms with Crippen LogP contribution in [0.5, 0.6) is 0 Å². The molecule has 0 N–H and O–H groups in total. The van der Waals surface area contributed by atoms with Crippen LogP contribution in [0, 0.1) is 41.9 Å². The molecule has 112 valence electrons. The van der Waals surface area contributed by atoms with Gasteiger partial charge in [-0.25, -0.2) is 0 Å². The number of ether oxygens (including phenoxy) is 1. The van der Waals surface area contributed by atoms with Gasteiger partial charge in [0.05, 0.1) is 5.92 Å². The van der Waals surface area contributed by atoms with Crippen molar-refractivity contribution < 1.29 is 9.53 Å². The highest BCUT2D eigenvalue weighted by Crippen LogP contribution is 2.59. The van der Waals surface area contributed by atoms with Gasteiger partial charge in [0, 0.05) is 6.42 Å². The molecule has 2 nitrogen and oxygen atoms in total. The molecular formula is C19H24O2. The number of rotatable bonds is 6. The van der Waals surface area contributed by atoms with E-state index in [4.69, 9.17) is 17.6 Å². The lowest BCUT2D eigenvalue weighted by atomic mass is 10.1. The number of esters is 1. The summed E-state index contributed by atoms with van der Waals surface area (Å²) in [5.41, 5.74) is 1.16. The van der Waals surface area contributed by atoms with E-state index in [-0.39, 0.29) is 23.2 Å². The molecule has 0 saturated heterocycles. The van der Waals surface area contributed by atoms with Gasteiger partial charge in [0.2, 0.25) is 0 Å². The molecule has 0 radical (unpaired) electrons. The third-order valence-corrected chi connectivity index (χ3v) is 3.85. The van der Waals surface area contributed by atoms with Crippen molar-refractivity contribution >= 4 is 5.97 Å². The predicted octanol–water partition coefficient (Wildman–Crippen LogP) is 3.74. The quantitative estimate of drug-likeness (QED) is 0.321. The van der Waals surface area contributed by atoms with Crippen molar-refractivity contribution in [1.29, 1.82) is 0 Å². The highest BCUT2D eigenvalue weighted by molar-refractivity contribution is 5.78. The van der Waals surface area contributed by atoms with Gasteiger partial charge in [-0.1, -0.05) is 37.5 Å². The van der Waals surface area contributed by atoms with Crippen LogP contribution in [0.1, 0.15) is 40.5 Å². The van der Waals surface area contributed by atoms with Crippen LogP contribution in [-0.2, 0) is 9.53 Å².